The Labute approximate surface area is 238 Å². The summed E-state index contributed by atoms with van der Waals surface area (Å²) in [5.74, 6) is 3.87. The Morgan fingerprint density at radius 3 is 1.97 bits per heavy atom. The Morgan fingerprint density at radius 2 is 1.38 bits per heavy atom. The summed E-state index contributed by atoms with van der Waals surface area (Å²) in [5, 5.41) is -0.221. The fourth-order valence-electron chi connectivity index (χ4n) is 4.12. The van der Waals surface area contributed by atoms with Gasteiger partial charge >= 0.3 is 5.97 Å². The summed E-state index contributed by atoms with van der Waals surface area (Å²) in [6.07, 6.45) is 14.1. The highest BCUT2D eigenvalue weighted by Gasteiger charge is 2.12. The highest BCUT2D eigenvalue weighted by Crippen LogP contribution is 2.27. The minimum absolute atomic E-state index is 0.180. The lowest BCUT2D eigenvalue weighted by Gasteiger charge is -2.15. The smallest absolute Gasteiger partial charge is 0.338 e. The Kier molecular flexibility index (Phi) is 12.8. The molecular formula is C34H39ClO4. The molecule has 3 aromatic carbocycles. The molecule has 1 unspecified atom stereocenters. The van der Waals surface area contributed by atoms with Crippen molar-refractivity contribution in [1.29, 1.82) is 0 Å². The number of terminal acetylenes is 1. The number of carbonyl (C=O) groups is 1. The molecule has 3 rings (SSSR count). The second kappa shape index (κ2) is 16.5. The molecule has 206 valence electrons. The van der Waals surface area contributed by atoms with Crippen LogP contribution in [-0.4, -0.2) is 24.6 Å². The van der Waals surface area contributed by atoms with E-state index in [1.165, 1.54) is 38.5 Å². The number of halogens is 1. The normalized spacial score (nSPS) is 12.3. The molecule has 0 spiro atoms. The maximum Gasteiger partial charge on any atom is 0.338 e. The van der Waals surface area contributed by atoms with Crippen molar-refractivity contribution in [3.63, 3.8) is 0 Å². The van der Waals surface area contributed by atoms with E-state index in [4.69, 9.17) is 32.2 Å². The summed E-state index contributed by atoms with van der Waals surface area (Å²) in [6, 6.07) is 22.8. The van der Waals surface area contributed by atoms with Crippen molar-refractivity contribution in [3.05, 3.63) is 83.9 Å². The molecule has 0 aliphatic heterocycles. The molecule has 0 aliphatic rings. The molecule has 0 aliphatic carbocycles. The van der Waals surface area contributed by atoms with Gasteiger partial charge in [-0.3, -0.25) is 0 Å². The first-order valence-corrected chi connectivity index (χ1v) is 14.3. The molecule has 0 bridgehead atoms. The predicted octanol–water partition coefficient (Wildman–Crippen LogP) is 9.02. The minimum atomic E-state index is -0.506. The first-order chi connectivity index (χ1) is 19.0. The molecule has 0 saturated carbocycles. The van der Waals surface area contributed by atoms with Crippen LogP contribution in [0.1, 0.15) is 80.8 Å². The molecule has 0 N–H and O–H groups in total. The summed E-state index contributed by atoms with van der Waals surface area (Å²) in [6.45, 7) is 4.93. The molecule has 0 saturated heterocycles. The van der Waals surface area contributed by atoms with Gasteiger partial charge in [0.2, 0.25) is 0 Å². The van der Waals surface area contributed by atoms with E-state index in [0.29, 0.717) is 11.3 Å². The van der Waals surface area contributed by atoms with E-state index in [0.717, 1.165) is 35.5 Å². The number of hydrogen-bond acceptors (Lipinski definition) is 4. The Hall–Kier alpha value is -3.42. The largest absolute Gasteiger partial charge is 0.494 e. The van der Waals surface area contributed by atoms with Crippen LogP contribution in [0.15, 0.2) is 72.8 Å². The molecule has 0 heterocycles. The maximum absolute atomic E-state index is 12.1. The SMILES string of the molecule is C#CC(Oc1ccc(-c2ccc(C(=O)OC[C@H](C)Cl)cc2)cc1)c1ccc(OCCCCCCCCC)cc1. The number of benzene rings is 3. The summed E-state index contributed by atoms with van der Waals surface area (Å²) < 4.78 is 17.1. The molecule has 39 heavy (non-hydrogen) atoms. The lowest BCUT2D eigenvalue weighted by atomic mass is 10.0. The van der Waals surface area contributed by atoms with E-state index in [1.807, 2.05) is 60.7 Å². The van der Waals surface area contributed by atoms with Crippen molar-refractivity contribution in [1.82, 2.24) is 0 Å². The van der Waals surface area contributed by atoms with Gasteiger partial charge in [0.05, 0.1) is 17.5 Å². The fourth-order valence-corrected chi connectivity index (χ4v) is 4.18. The standard InChI is InChI=1S/C34H39ClO4/c1-4-6-7-8-9-10-11-24-37-31-20-18-29(19-21-31)33(5-2)39-32-22-16-28(17-23-32)27-12-14-30(15-13-27)34(36)38-25-26(3)35/h2,12-23,26,33H,4,6-11,24-25H2,1,3H3/t26-,33?/m0/s1. The number of unbranched alkanes of at least 4 members (excludes halogenated alkanes) is 6. The Balaban J connectivity index is 1.48. The lowest BCUT2D eigenvalue weighted by molar-refractivity contribution is 0.0508. The van der Waals surface area contributed by atoms with Crippen LogP contribution in [0.4, 0.5) is 0 Å². The van der Waals surface area contributed by atoms with Crippen molar-refractivity contribution in [2.75, 3.05) is 13.2 Å². The van der Waals surface area contributed by atoms with Gasteiger partial charge in [0.25, 0.3) is 0 Å². The molecule has 0 fully saturated rings. The van der Waals surface area contributed by atoms with Gasteiger partial charge < -0.3 is 14.2 Å². The molecular weight excluding hydrogens is 508 g/mol. The van der Waals surface area contributed by atoms with E-state index < -0.39 is 6.10 Å². The van der Waals surface area contributed by atoms with Crippen LogP contribution in [0, 0.1) is 12.3 Å². The number of rotatable bonds is 16. The van der Waals surface area contributed by atoms with Crippen LogP contribution in [-0.2, 0) is 4.74 Å². The zero-order valence-electron chi connectivity index (χ0n) is 23.0. The van der Waals surface area contributed by atoms with E-state index in [2.05, 4.69) is 12.8 Å². The van der Waals surface area contributed by atoms with Gasteiger partial charge in [0, 0.05) is 5.56 Å². The highest BCUT2D eigenvalue weighted by atomic mass is 35.5. The van der Waals surface area contributed by atoms with Gasteiger partial charge in [0.15, 0.2) is 6.10 Å². The average molecular weight is 547 g/mol. The van der Waals surface area contributed by atoms with Crippen LogP contribution >= 0.6 is 11.6 Å². The predicted molar refractivity (Wildman–Crippen MR) is 160 cm³/mol. The Bertz CT molecular complexity index is 1160. The van der Waals surface area contributed by atoms with Crippen LogP contribution < -0.4 is 9.47 Å². The lowest BCUT2D eigenvalue weighted by Crippen LogP contribution is -2.11. The van der Waals surface area contributed by atoms with Gasteiger partial charge in [-0.1, -0.05) is 87.8 Å². The molecule has 0 amide bonds. The van der Waals surface area contributed by atoms with Crippen molar-refractivity contribution < 1.29 is 19.0 Å². The van der Waals surface area contributed by atoms with Crippen molar-refractivity contribution >= 4 is 17.6 Å². The van der Waals surface area contributed by atoms with E-state index in [-0.39, 0.29) is 18.0 Å². The first-order valence-electron chi connectivity index (χ1n) is 13.9. The van der Waals surface area contributed by atoms with E-state index in [9.17, 15) is 4.79 Å². The molecule has 2 atom stereocenters. The van der Waals surface area contributed by atoms with Crippen LogP contribution in [0.3, 0.4) is 0 Å². The summed E-state index contributed by atoms with van der Waals surface area (Å²) >= 11 is 5.85. The number of esters is 1. The van der Waals surface area contributed by atoms with Crippen molar-refractivity contribution in [2.24, 2.45) is 0 Å². The summed E-state index contributed by atoms with van der Waals surface area (Å²) in [4.78, 5) is 12.1. The maximum atomic E-state index is 12.1. The van der Waals surface area contributed by atoms with E-state index >= 15 is 0 Å². The van der Waals surface area contributed by atoms with Gasteiger partial charge in [0.1, 0.15) is 18.1 Å². The summed E-state index contributed by atoms with van der Waals surface area (Å²) in [7, 11) is 0. The monoisotopic (exact) mass is 546 g/mol. The molecule has 5 heteroatoms. The van der Waals surface area contributed by atoms with Gasteiger partial charge in [-0.2, -0.15) is 0 Å². The van der Waals surface area contributed by atoms with E-state index in [1.54, 1.807) is 19.1 Å². The minimum Gasteiger partial charge on any atom is -0.494 e. The molecule has 4 nitrogen and oxygen atoms in total. The molecule has 0 aromatic heterocycles. The fraction of sp³-hybridized carbons (Fsp3) is 0.382. The van der Waals surface area contributed by atoms with Gasteiger partial charge in [-0.25, -0.2) is 4.79 Å². The highest BCUT2D eigenvalue weighted by molar-refractivity contribution is 6.20. The molecule has 0 radical (unpaired) electrons. The van der Waals surface area contributed by atoms with Crippen LogP contribution in [0.25, 0.3) is 11.1 Å². The average Bonchev–Trinajstić information content (AvgIpc) is 2.97. The van der Waals surface area contributed by atoms with Gasteiger partial charge in [-0.05, 0) is 60.9 Å². The second-order valence-corrected chi connectivity index (χ2v) is 10.4. The number of ether oxygens (including phenoxy) is 3. The third kappa shape index (κ3) is 10.3. The van der Waals surface area contributed by atoms with Crippen molar-refractivity contribution in [3.8, 4) is 35.0 Å². The van der Waals surface area contributed by atoms with Crippen LogP contribution in [0.5, 0.6) is 11.5 Å². The second-order valence-electron chi connectivity index (χ2n) is 9.68. The van der Waals surface area contributed by atoms with Gasteiger partial charge in [-0.15, -0.1) is 18.0 Å². The quantitative estimate of drug-likeness (QED) is 0.0778. The zero-order valence-corrected chi connectivity index (χ0v) is 23.8. The number of carbonyl (C=O) groups excluding carboxylic acids is 1. The number of hydrogen-bond donors (Lipinski definition) is 0. The first kappa shape index (κ1) is 30.1. The zero-order chi connectivity index (χ0) is 27.9. The topological polar surface area (TPSA) is 44.8 Å². The number of alkyl halides is 1. The van der Waals surface area contributed by atoms with Crippen LogP contribution in [0.2, 0.25) is 0 Å². The Morgan fingerprint density at radius 1 is 0.821 bits per heavy atom. The third-order valence-electron chi connectivity index (χ3n) is 6.36. The third-order valence-corrected chi connectivity index (χ3v) is 6.48. The van der Waals surface area contributed by atoms with Crippen molar-refractivity contribution in [2.45, 2.75) is 70.3 Å². The summed E-state index contributed by atoms with van der Waals surface area (Å²) in [5.41, 5.74) is 3.36. The molecule has 3 aromatic rings.